The lowest BCUT2D eigenvalue weighted by molar-refractivity contribution is 0.0951. The maximum Gasteiger partial charge on any atom is 0.263 e. The van der Waals surface area contributed by atoms with Gasteiger partial charge in [-0.25, -0.2) is 4.98 Å². The highest BCUT2D eigenvalue weighted by Gasteiger charge is 2.26. The minimum atomic E-state index is -0.143. The number of amides is 1. The van der Waals surface area contributed by atoms with E-state index in [1.807, 2.05) is 30.3 Å². The summed E-state index contributed by atoms with van der Waals surface area (Å²) >= 11 is 1.36. The van der Waals surface area contributed by atoms with Gasteiger partial charge in [0.05, 0.1) is 25.4 Å². The predicted octanol–water partition coefficient (Wildman–Crippen LogP) is 1.91. The van der Waals surface area contributed by atoms with Gasteiger partial charge in [-0.2, -0.15) is 0 Å². The lowest BCUT2D eigenvalue weighted by atomic mass is 10.2. The average Bonchev–Trinajstić information content (AvgIpc) is 3.27. The predicted molar refractivity (Wildman–Crippen MR) is 93.8 cm³/mol. The summed E-state index contributed by atoms with van der Waals surface area (Å²) in [5.74, 6) is 0.645. The van der Waals surface area contributed by atoms with E-state index in [-0.39, 0.29) is 18.6 Å². The van der Waals surface area contributed by atoms with Crippen LogP contribution in [0.3, 0.4) is 0 Å². The molecule has 128 valence electrons. The van der Waals surface area contributed by atoms with Crippen molar-refractivity contribution in [2.45, 2.75) is 18.9 Å². The van der Waals surface area contributed by atoms with Crippen LogP contribution in [0.4, 0.5) is 5.13 Å². The number of ether oxygens (including phenoxy) is 1. The molecule has 0 bridgehead atoms. The number of nitrogens with zero attached hydrogens (tertiary/aromatic N) is 2. The molecule has 2 aromatic rings. The van der Waals surface area contributed by atoms with Gasteiger partial charge < -0.3 is 20.1 Å². The molecule has 0 saturated carbocycles. The number of aliphatic hydroxyl groups excluding tert-OH is 1. The molecule has 1 aromatic carbocycles. The van der Waals surface area contributed by atoms with Gasteiger partial charge in [0.25, 0.3) is 5.91 Å². The topological polar surface area (TPSA) is 74.7 Å². The Morgan fingerprint density at radius 3 is 3.04 bits per heavy atom. The van der Waals surface area contributed by atoms with Crippen LogP contribution >= 0.6 is 11.3 Å². The summed E-state index contributed by atoms with van der Waals surface area (Å²) < 4.78 is 5.54. The van der Waals surface area contributed by atoms with Gasteiger partial charge in [-0.3, -0.25) is 4.79 Å². The third kappa shape index (κ3) is 4.04. The smallest absolute Gasteiger partial charge is 0.263 e. The molecule has 3 rings (SSSR count). The molecule has 1 atom stereocenters. The maximum absolute atomic E-state index is 12.2. The van der Waals surface area contributed by atoms with Crippen molar-refractivity contribution in [1.29, 1.82) is 0 Å². The number of aliphatic hydroxyl groups is 1. The Balaban J connectivity index is 1.47. The van der Waals surface area contributed by atoms with Crippen molar-refractivity contribution in [2.24, 2.45) is 0 Å². The highest BCUT2D eigenvalue weighted by molar-refractivity contribution is 7.17. The van der Waals surface area contributed by atoms with Crippen molar-refractivity contribution in [3.8, 4) is 5.75 Å². The summed E-state index contributed by atoms with van der Waals surface area (Å²) in [6.45, 7) is 1.85. The molecule has 1 fully saturated rings. The number of para-hydroxylation sites is 1. The van der Waals surface area contributed by atoms with Crippen LogP contribution in [0.25, 0.3) is 0 Å². The normalized spacial score (nSPS) is 17.0. The van der Waals surface area contributed by atoms with Gasteiger partial charge in [-0.1, -0.05) is 29.5 Å². The van der Waals surface area contributed by atoms with Gasteiger partial charge in [-0.05, 0) is 25.0 Å². The zero-order valence-electron chi connectivity index (χ0n) is 13.4. The Kier molecular flexibility index (Phi) is 5.66. The fourth-order valence-electron chi connectivity index (χ4n) is 2.72. The molecule has 1 aliphatic heterocycles. The SMILES string of the molecule is O=C(NCCOc1ccccc1)c1cnc(N2CCCC2CO)s1. The van der Waals surface area contributed by atoms with Gasteiger partial charge in [-0.15, -0.1) is 0 Å². The number of anilines is 1. The minimum Gasteiger partial charge on any atom is -0.492 e. The molecule has 2 heterocycles. The van der Waals surface area contributed by atoms with Gasteiger partial charge >= 0.3 is 0 Å². The van der Waals surface area contributed by atoms with Crippen LogP contribution in [-0.4, -0.2) is 48.3 Å². The monoisotopic (exact) mass is 347 g/mol. The summed E-state index contributed by atoms with van der Waals surface area (Å²) in [4.78, 5) is 19.2. The number of carbonyl (C=O) groups is 1. The van der Waals surface area contributed by atoms with Crippen molar-refractivity contribution in [1.82, 2.24) is 10.3 Å². The van der Waals surface area contributed by atoms with Crippen LogP contribution in [0.15, 0.2) is 36.5 Å². The number of benzene rings is 1. The number of hydrogen-bond acceptors (Lipinski definition) is 6. The van der Waals surface area contributed by atoms with Crippen LogP contribution in [0, 0.1) is 0 Å². The second-order valence-corrected chi connectivity index (χ2v) is 6.61. The Bertz CT molecular complexity index is 662. The summed E-state index contributed by atoms with van der Waals surface area (Å²) in [6, 6.07) is 9.62. The number of rotatable bonds is 7. The Morgan fingerprint density at radius 1 is 1.42 bits per heavy atom. The van der Waals surface area contributed by atoms with Gasteiger partial charge in [0.2, 0.25) is 0 Å². The van der Waals surface area contributed by atoms with E-state index in [1.54, 1.807) is 6.20 Å². The quantitative estimate of drug-likeness (QED) is 0.749. The van der Waals surface area contributed by atoms with Crippen molar-refractivity contribution in [2.75, 3.05) is 31.2 Å². The summed E-state index contributed by atoms with van der Waals surface area (Å²) in [5.41, 5.74) is 0. The largest absolute Gasteiger partial charge is 0.492 e. The van der Waals surface area contributed by atoms with Crippen LogP contribution in [0.2, 0.25) is 0 Å². The molecule has 2 N–H and O–H groups in total. The van der Waals surface area contributed by atoms with Gasteiger partial charge in [0.15, 0.2) is 5.13 Å². The van der Waals surface area contributed by atoms with Crippen molar-refractivity contribution in [3.63, 3.8) is 0 Å². The fourth-order valence-corrected chi connectivity index (χ4v) is 3.65. The number of nitrogens with one attached hydrogen (secondary N) is 1. The van der Waals surface area contributed by atoms with Crippen molar-refractivity contribution < 1.29 is 14.6 Å². The first-order chi connectivity index (χ1) is 11.8. The van der Waals surface area contributed by atoms with E-state index >= 15 is 0 Å². The van der Waals surface area contributed by atoms with Gasteiger partial charge in [0, 0.05) is 6.54 Å². The fraction of sp³-hybridized carbons (Fsp3) is 0.412. The van der Waals surface area contributed by atoms with Crippen LogP contribution in [0.1, 0.15) is 22.5 Å². The van der Waals surface area contributed by atoms with E-state index in [4.69, 9.17) is 4.74 Å². The van der Waals surface area contributed by atoms with Crippen molar-refractivity contribution in [3.05, 3.63) is 41.4 Å². The molecular formula is C17H21N3O3S. The zero-order chi connectivity index (χ0) is 16.8. The van der Waals surface area contributed by atoms with Crippen LogP contribution in [0.5, 0.6) is 5.75 Å². The lowest BCUT2D eigenvalue weighted by Gasteiger charge is -2.21. The first kappa shape index (κ1) is 16.7. The van der Waals surface area contributed by atoms with E-state index in [2.05, 4.69) is 15.2 Å². The summed E-state index contributed by atoms with van der Waals surface area (Å²) in [7, 11) is 0. The summed E-state index contributed by atoms with van der Waals surface area (Å²) in [5, 5.41) is 13.0. The molecule has 0 spiro atoms. The first-order valence-electron chi connectivity index (χ1n) is 8.07. The Morgan fingerprint density at radius 2 is 2.25 bits per heavy atom. The van der Waals surface area contributed by atoms with E-state index in [9.17, 15) is 9.90 Å². The molecular weight excluding hydrogens is 326 g/mol. The molecule has 1 saturated heterocycles. The standard InChI is InChI=1S/C17H21N3O3S/c21-12-13-5-4-9-20(13)17-19-11-15(24-17)16(22)18-8-10-23-14-6-2-1-3-7-14/h1-3,6-7,11,13,21H,4-5,8-10,12H2,(H,18,22). The lowest BCUT2D eigenvalue weighted by Crippen LogP contribution is -2.31. The second kappa shape index (κ2) is 8.12. The van der Waals surface area contributed by atoms with E-state index in [0.717, 1.165) is 30.3 Å². The molecule has 0 aliphatic carbocycles. The molecule has 1 unspecified atom stereocenters. The Labute approximate surface area is 145 Å². The van der Waals surface area contributed by atoms with Crippen LogP contribution in [-0.2, 0) is 0 Å². The van der Waals surface area contributed by atoms with E-state index < -0.39 is 0 Å². The average molecular weight is 347 g/mol. The molecule has 24 heavy (non-hydrogen) atoms. The van der Waals surface area contributed by atoms with Crippen molar-refractivity contribution >= 4 is 22.4 Å². The molecule has 0 radical (unpaired) electrons. The zero-order valence-corrected chi connectivity index (χ0v) is 14.2. The number of aromatic nitrogens is 1. The third-order valence-electron chi connectivity index (χ3n) is 3.95. The third-order valence-corrected chi connectivity index (χ3v) is 4.98. The minimum absolute atomic E-state index is 0.117. The highest BCUT2D eigenvalue weighted by Crippen LogP contribution is 2.29. The second-order valence-electron chi connectivity index (χ2n) is 5.60. The van der Waals surface area contributed by atoms with Gasteiger partial charge in [0.1, 0.15) is 17.2 Å². The molecule has 6 nitrogen and oxygen atoms in total. The van der Waals surface area contributed by atoms with E-state index in [1.165, 1.54) is 11.3 Å². The molecule has 7 heteroatoms. The molecule has 1 amide bonds. The molecule has 1 aliphatic rings. The first-order valence-corrected chi connectivity index (χ1v) is 8.89. The maximum atomic E-state index is 12.2. The highest BCUT2D eigenvalue weighted by atomic mass is 32.1. The summed E-state index contributed by atoms with van der Waals surface area (Å²) in [6.07, 6.45) is 3.61. The Hall–Kier alpha value is -2.12. The number of thiazole rings is 1. The number of carbonyl (C=O) groups excluding carboxylic acids is 1. The van der Waals surface area contributed by atoms with Crippen LogP contribution < -0.4 is 15.0 Å². The molecule has 1 aromatic heterocycles. The van der Waals surface area contributed by atoms with E-state index in [0.29, 0.717) is 18.0 Å². The number of hydrogen-bond donors (Lipinski definition) is 2.